The van der Waals surface area contributed by atoms with Crippen molar-refractivity contribution in [3.63, 3.8) is 0 Å². The zero-order valence-corrected chi connectivity index (χ0v) is 13.7. The van der Waals surface area contributed by atoms with Crippen LogP contribution < -0.4 is 15.5 Å². The molecule has 0 fully saturated rings. The van der Waals surface area contributed by atoms with Gasteiger partial charge in [0.05, 0.1) is 12.3 Å². The van der Waals surface area contributed by atoms with Crippen molar-refractivity contribution < 1.29 is 9.53 Å². The molecule has 0 aliphatic carbocycles. The lowest BCUT2D eigenvalue weighted by atomic mass is 10.1. The molecule has 2 atom stereocenters. The Bertz CT molecular complexity index is 521. The second-order valence-corrected chi connectivity index (χ2v) is 5.87. The van der Waals surface area contributed by atoms with E-state index in [9.17, 15) is 4.79 Å². The highest BCUT2D eigenvalue weighted by molar-refractivity contribution is 9.10. The number of halogens is 1. The molecule has 1 aromatic carbocycles. The smallest absolute Gasteiger partial charge is 0.246 e. The fourth-order valence-electron chi connectivity index (χ4n) is 2.42. The average Bonchev–Trinajstić information content (AvgIpc) is 2.71. The van der Waals surface area contributed by atoms with E-state index in [4.69, 9.17) is 4.74 Å². The van der Waals surface area contributed by atoms with Crippen LogP contribution in [0.25, 0.3) is 0 Å². The van der Waals surface area contributed by atoms with E-state index in [2.05, 4.69) is 38.4 Å². The van der Waals surface area contributed by atoms with Gasteiger partial charge in [0.25, 0.3) is 0 Å². The van der Waals surface area contributed by atoms with Gasteiger partial charge in [0.15, 0.2) is 0 Å². The Labute approximate surface area is 127 Å². The zero-order chi connectivity index (χ0) is 14.9. The molecule has 0 saturated carbocycles. The molecule has 1 aliphatic heterocycles. The fraction of sp³-hybridized carbons (Fsp3) is 0.500. The normalized spacial score (nSPS) is 18.6. The number of hydrogen-bond donors (Lipinski definition) is 2. The summed E-state index contributed by atoms with van der Waals surface area (Å²) < 4.78 is 6.16. The summed E-state index contributed by atoms with van der Waals surface area (Å²) in [6.45, 7) is 2.74. The number of rotatable bonds is 5. The lowest BCUT2D eigenvalue weighted by Gasteiger charge is -2.28. The largest absolute Gasteiger partial charge is 0.383 e. The molecule has 0 bridgehead atoms. The molecule has 1 amide bonds. The molecule has 2 rings (SSSR count). The van der Waals surface area contributed by atoms with Gasteiger partial charge in [-0.15, -0.1) is 0 Å². The van der Waals surface area contributed by atoms with E-state index >= 15 is 0 Å². The number of hydrogen-bond acceptors (Lipinski definition) is 4. The van der Waals surface area contributed by atoms with E-state index in [-0.39, 0.29) is 18.0 Å². The maximum Gasteiger partial charge on any atom is 0.246 e. The predicted molar refractivity (Wildman–Crippen MR) is 84.3 cm³/mol. The van der Waals surface area contributed by atoms with Crippen LogP contribution in [0.5, 0.6) is 0 Å². The summed E-state index contributed by atoms with van der Waals surface area (Å²) in [4.78, 5) is 14.0. The van der Waals surface area contributed by atoms with Crippen molar-refractivity contribution in [3.05, 3.63) is 22.2 Å². The molecule has 0 spiro atoms. The molecule has 2 unspecified atom stereocenters. The first-order valence-electron chi connectivity index (χ1n) is 6.53. The van der Waals surface area contributed by atoms with Gasteiger partial charge in [-0.3, -0.25) is 4.79 Å². The molecule has 1 aliphatic rings. The number of carbonyl (C=O) groups excluding carboxylic acids is 1. The van der Waals surface area contributed by atoms with Crippen molar-refractivity contribution in [2.75, 3.05) is 38.0 Å². The summed E-state index contributed by atoms with van der Waals surface area (Å²) in [6.07, 6.45) is 0. The summed E-state index contributed by atoms with van der Waals surface area (Å²) in [5, 5.41) is 5.93. The van der Waals surface area contributed by atoms with Gasteiger partial charge in [0.1, 0.15) is 6.04 Å². The third-order valence-corrected chi connectivity index (χ3v) is 4.32. The Hall–Kier alpha value is -1.11. The lowest BCUT2D eigenvalue weighted by molar-refractivity contribution is -0.117. The lowest BCUT2D eigenvalue weighted by Crippen LogP contribution is -2.32. The van der Waals surface area contributed by atoms with E-state index < -0.39 is 0 Å². The number of anilines is 2. The minimum Gasteiger partial charge on any atom is -0.383 e. The van der Waals surface area contributed by atoms with Gasteiger partial charge in [-0.1, -0.05) is 0 Å². The Balaban J connectivity index is 2.35. The highest BCUT2D eigenvalue weighted by atomic mass is 79.9. The first-order chi connectivity index (χ1) is 9.49. The van der Waals surface area contributed by atoms with Gasteiger partial charge in [-0.05, 0) is 42.0 Å². The number of methoxy groups -OCH3 is 1. The monoisotopic (exact) mass is 341 g/mol. The number of ether oxygens (including phenoxy) is 1. The van der Waals surface area contributed by atoms with Crippen LogP contribution in [0.4, 0.5) is 11.4 Å². The van der Waals surface area contributed by atoms with Crippen LogP contribution in [-0.4, -0.2) is 39.8 Å². The molecule has 2 N–H and O–H groups in total. The quantitative estimate of drug-likeness (QED) is 0.861. The standard InChI is InChI=1S/C14H20BrN3O2/c1-8(7-20-4)18(3)12-6-11-9(5-10(12)15)13(16-2)14(19)17-11/h5-6,8,13,16H,7H2,1-4H3,(H,17,19). The maximum absolute atomic E-state index is 11.9. The van der Waals surface area contributed by atoms with Crippen LogP contribution in [0.3, 0.4) is 0 Å². The number of benzene rings is 1. The van der Waals surface area contributed by atoms with Gasteiger partial charge < -0.3 is 20.3 Å². The molecule has 0 aromatic heterocycles. The predicted octanol–water partition coefficient (Wildman–Crippen LogP) is 2.13. The van der Waals surface area contributed by atoms with Gasteiger partial charge in [0.2, 0.25) is 5.91 Å². The molecule has 0 saturated heterocycles. The number of likely N-dealkylation sites (N-methyl/N-ethyl adjacent to an activating group) is 2. The number of carbonyl (C=O) groups is 1. The van der Waals surface area contributed by atoms with Crippen molar-refractivity contribution in [2.24, 2.45) is 0 Å². The van der Waals surface area contributed by atoms with Crippen molar-refractivity contribution in [3.8, 4) is 0 Å². The highest BCUT2D eigenvalue weighted by Gasteiger charge is 2.30. The third kappa shape index (κ3) is 2.68. The van der Waals surface area contributed by atoms with E-state index in [1.54, 1.807) is 14.2 Å². The third-order valence-electron chi connectivity index (χ3n) is 3.69. The van der Waals surface area contributed by atoms with Gasteiger partial charge in [0, 0.05) is 35.9 Å². The number of nitrogens with one attached hydrogen (secondary N) is 2. The van der Waals surface area contributed by atoms with Crippen molar-refractivity contribution >= 4 is 33.2 Å². The molecular weight excluding hydrogens is 322 g/mol. The molecule has 20 heavy (non-hydrogen) atoms. The highest BCUT2D eigenvalue weighted by Crippen LogP contribution is 2.39. The van der Waals surface area contributed by atoms with Crippen LogP contribution in [0.15, 0.2) is 16.6 Å². The van der Waals surface area contributed by atoms with Crippen molar-refractivity contribution in [1.82, 2.24) is 5.32 Å². The van der Waals surface area contributed by atoms with Crippen LogP contribution in [-0.2, 0) is 9.53 Å². The average molecular weight is 342 g/mol. The molecule has 1 heterocycles. The molecule has 110 valence electrons. The summed E-state index contributed by atoms with van der Waals surface area (Å²) in [5.74, 6) is -0.0147. The molecule has 6 heteroatoms. The minimum absolute atomic E-state index is 0.0147. The van der Waals surface area contributed by atoms with Crippen molar-refractivity contribution in [2.45, 2.75) is 19.0 Å². The molecular formula is C14H20BrN3O2. The van der Waals surface area contributed by atoms with Crippen molar-refractivity contribution in [1.29, 1.82) is 0 Å². The second kappa shape index (κ2) is 6.11. The SMILES string of the molecule is CNC1C(=O)Nc2cc(N(C)C(C)COC)c(Br)cc21. The Morgan fingerprint density at radius 2 is 2.25 bits per heavy atom. The first-order valence-corrected chi connectivity index (χ1v) is 7.32. The van der Waals surface area contributed by atoms with E-state index in [0.29, 0.717) is 6.61 Å². The summed E-state index contributed by atoms with van der Waals surface area (Å²) >= 11 is 3.60. The Morgan fingerprint density at radius 1 is 1.55 bits per heavy atom. The number of nitrogens with zero attached hydrogens (tertiary/aromatic N) is 1. The fourth-order valence-corrected chi connectivity index (χ4v) is 3.06. The molecule has 1 aromatic rings. The second-order valence-electron chi connectivity index (χ2n) is 5.02. The van der Waals surface area contributed by atoms with E-state index in [1.807, 2.05) is 19.2 Å². The summed E-state index contributed by atoms with van der Waals surface area (Å²) in [6, 6.07) is 3.96. The van der Waals surface area contributed by atoms with Crippen LogP contribution in [0.1, 0.15) is 18.5 Å². The van der Waals surface area contributed by atoms with E-state index in [0.717, 1.165) is 21.4 Å². The Morgan fingerprint density at radius 3 is 2.85 bits per heavy atom. The number of fused-ring (bicyclic) bond motifs is 1. The van der Waals surface area contributed by atoms with E-state index in [1.165, 1.54) is 0 Å². The van der Waals surface area contributed by atoms with Crippen LogP contribution in [0.2, 0.25) is 0 Å². The number of amides is 1. The topological polar surface area (TPSA) is 53.6 Å². The molecule has 0 radical (unpaired) electrons. The summed E-state index contributed by atoms with van der Waals surface area (Å²) in [7, 11) is 5.50. The van der Waals surface area contributed by atoms with Crippen LogP contribution >= 0.6 is 15.9 Å². The van der Waals surface area contributed by atoms with Gasteiger partial charge in [-0.25, -0.2) is 0 Å². The van der Waals surface area contributed by atoms with Crippen LogP contribution in [0, 0.1) is 0 Å². The zero-order valence-electron chi connectivity index (χ0n) is 12.2. The first kappa shape index (κ1) is 15.3. The van der Waals surface area contributed by atoms with Gasteiger partial charge in [-0.2, -0.15) is 0 Å². The summed E-state index contributed by atoms with van der Waals surface area (Å²) in [5.41, 5.74) is 2.87. The Kier molecular flexibility index (Phi) is 4.67. The molecule has 5 nitrogen and oxygen atoms in total. The van der Waals surface area contributed by atoms with Gasteiger partial charge >= 0.3 is 0 Å². The maximum atomic E-state index is 11.9. The minimum atomic E-state index is -0.281.